The van der Waals surface area contributed by atoms with Gasteiger partial charge in [0.1, 0.15) is 6.10 Å². The minimum atomic E-state index is -0.651. The van der Waals surface area contributed by atoms with Crippen LogP contribution in [-0.2, 0) is 14.3 Å². The van der Waals surface area contributed by atoms with Crippen molar-refractivity contribution in [2.45, 2.75) is 56.8 Å². The quantitative estimate of drug-likeness (QED) is 0.503. The average Bonchev–Trinajstić information content (AvgIpc) is 2.82. The van der Waals surface area contributed by atoms with Gasteiger partial charge in [-0.3, -0.25) is 0 Å². The van der Waals surface area contributed by atoms with Gasteiger partial charge in [-0.05, 0) is 38.5 Å². The van der Waals surface area contributed by atoms with Crippen molar-refractivity contribution in [2.75, 3.05) is 0 Å². The fourth-order valence-electron chi connectivity index (χ4n) is 5.01. The maximum absolute atomic E-state index is 12.4. The van der Waals surface area contributed by atoms with Gasteiger partial charge in [0.15, 0.2) is 5.60 Å². The highest BCUT2D eigenvalue weighted by molar-refractivity contribution is 5.84. The molecule has 0 radical (unpaired) electrons. The molecular formula is C17H22O3. The van der Waals surface area contributed by atoms with Gasteiger partial charge in [-0.1, -0.05) is 24.3 Å². The summed E-state index contributed by atoms with van der Waals surface area (Å²) in [6.07, 6.45) is 5.06. The molecule has 2 aliphatic carbocycles. The number of fused-ring (bicyclic) bond motifs is 4. The molecular weight excluding hydrogens is 252 g/mol. The molecule has 2 aliphatic heterocycles. The van der Waals surface area contributed by atoms with Crippen LogP contribution in [0.4, 0.5) is 0 Å². The number of hydrogen-bond donors (Lipinski definition) is 0. The van der Waals surface area contributed by atoms with Crippen LogP contribution in [0, 0.1) is 17.8 Å². The van der Waals surface area contributed by atoms with Gasteiger partial charge in [-0.2, -0.15) is 0 Å². The van der Waals surface area contributed by atoms with E-state index in [0.29, 0.717) is 5.92 Å². The highest BCUT2D eigenvalue weighted by Crippen LogP contribution is 2.57. The maximum atomic E-state index is 12.4. The van der Waals surface area contributed by atoms with Gasteiger partial charge >= 0.3 is 5.97 Å². The van der Waals surface area contributed by atoms with Crippen molar-refractivity contribution < 1.29 is 14.3 Å². The number of rotatable bonds is 0. The van der Waals surface area contributed by atoms with Crippen LogP contribution in [-0.4, -0.2) is 23.8 Å². The highest BCUT2D eigenvalue weighted by Gasteiger charge is 2.66. The number of hydrogen-bond acceptors (Lipinski definition) is 3. The Labute approximate surface area is 120 Å². The molecule has 0 N–H and O–H groups in total. The SMILES string of the molecule is C=C1CC[C@H]2C(=C)CC[C@@H]3[C@H](OC(=O)[C@@]34C[C@@H](C)O4)[C@@H]12. The second-order valence-corrected chi connectivity index (χ2v) is 7.02. The Hall–Kier alpha value is -1.09. The Morgan fingerprint density at radius 3 is 2.60 bits per heavy atom. The van der Waals surface area contributed by atoms with Crippen molar-refractivity contribution >= 4 is 5.97 Å². The molecule has 108 valence electrons. The predicted octanol–water partition coefficient (Wildman–Crippen LogP) is 3.01. The standard InChI is InChI=1S/C17H22O3/c1-9-5-7-13-15(14-10(2)4-6-12(9)14)19-16(18)17(13)8-11(3)20-17/h11-15H,1-2,4-8H2,3H3/t11-,12+,13-,14+,15+,17-/m1/s1. The summed E-state index contributed by atoms with van der Waals surface area (Å²) in [5, 5.41) is 0. The summed E-state index contributed by atoms with van der Waals surface area (Å²) in [4.78, 5) is 12.4. The third kappa shape index (κ3) is 1.42. The molecule has 0 amide bonds. The van der Waals surface area contributed by atoms with Crippen molar-refractivity contribution in [3.05, 3.63) is 24.3 Å². The van der Waals surface area contributed by atoms with Crippen LogP contribution in [0.5, 0.6) is 0 Å². The third-order valence-corrected chi connectivity index (χ3v) is 5.92. The third-order valence-electron chi connectivity index (χ3n) is 5.92. The van der Waals surface area contributed by atoms with Gasteiger partial charge in [0.2, 0.25) is 0 Å². The van der Waals surface area contributed by atoms with Gasteiger partial charge in [-0.25, -0.2) is 4.79 Å². The molecule has 0 bridgehead atoms. The molecule has 3 nitrogen and oxygen atoms in total. The molecule has 1 spiro atoms. The topological polar surface area (TPSA) is 35.5 Å². The van der Waals surface area contributed by atoms with Crippen LogP contribution < -0.4 is 0 Å². The van der Waals surface area contributed by atoms with Crippen LogP contribution >= 0.6 is 0 Å². The second-order valence-electron chi connectivity index (χ2n) is 7.02. The van der Waals surface area contributed by atoms with E-state index in [1.54, 1.807) is 0 Å². The van der Waals surface area contributed by atoms with Gasteiger partial charge < -0.3 is 9.47 Å². The second kappa shape index (κ2) is 3.97. The molecule has 2 heterocycles. The molecule has 6 atom stereocenters. The molecule has 2 saturated carbocycles. The van der Waals surface area contributed by atoms with Crippen molar-refractivity contribution in [2.24, 2.45) is 17.8 Å². The van der Waals surface area contributed by atoms with Gasteiger partial charge in [-0.15, -0.1) is 0 Å². The molecule has 0 aromatic rings. The molecule has 4 fully saturated rings. The van der Waals surface area contributed by atoms with Crippen LogP contribution in [0.3, 0.4) is 0 Å². The lowest BCUT2D eigenvalue weighted by atomic mass is 9.73. The number of ether oxygens (including phenoxy) is 2. The first-order valence-corrected chi connectivity index (χ1v) is 7.77. The lowest BCUT2D eigenvalue weighted by Gasteiger charge is -2.44. The van der Waals surface area contributed by atoms with Gasteiger partial charge in [0.25, 0.3) is 0 Å². The Kier molecular flexibility index (Phi) is 2.51. The number of allylic oxidation sites excluding steroid dienone is 1. The summed E-state index contributed by atoms with van der Waals surface area (Å²) >= 11 is 0. The Bertz CT molecular complexity index is 500. The molecule has 4 aliphatic rings. The fourth-order valence-corrected chi connectivity index (χ4v) is 5.01. The smallest absolute Gasteiger partial charge is 0.339 e. The summed E-state index contributed by atoms with van der Waals surface area (Å²) in [6.45, 7) is 10.5. The first-order valence-electron chi connectivity index (χ1n) is 7.77. The summed E-state index contributed by atoms with van der Waals surface area (Å²) in [5.41, 5.74) is 1.91. The van der Waals surface area contributed by atoms with E-state index in [0.717, 1.165) is 32.1 Å². The largest absolute Gasteiger partial charge is 0.459 e. The van der Waals surface area contributed by atoms with Crippen molar-refractivity contribution in [3.63, 3.8) is 0 Å². The van der Waals surface area contributed by atoms with Crippen molar-refractivity contribution in [1.82, 2.24) is 0 Å². The minimum Gasteiger partial charge on any atom is -0.459 e. The van der Waals surface area contributed by atoms with E-state index in [-0.39, 0.29) is 30.0 Å². The first kappa shape index (κ1) is 12.6. The zero-order valence-corrected chi connectivity index (χ0v) is 12.1. The molecule has 4 rings (SSSR count). The zero-order chi connectivity index (χ0) is 14.1. The molecule has 0 aromatic heterocycles. The molecule has 20 heavy (non-hydrogen) atoms. The number of carbonyl (C=O) groups is 1. The van der Waals surface area contributed by atoms with E-state index < -0.39 is 5.60 Å². The van der Waals surface area contributed by atoms with Crippen LogP contribution in [0.25, 0.3) is 0 Å². The normalized spacial score (nSPS) is 50.5. The van der Waals surface area contributed by atoms with Gasteiger partial charge in [0, 0.05) is 18.3 Å². The molecule has 0 aromatic carbocycles. The minimum absolute atomic E-state index is 0.0331. The van der Waals surface area contributed by atoms with Crippen LogP contribution in [0.2, 0.25) is 0 Å². The summed E-state index contributed by atoms with van der Waals surface area (Å²) in [6, 6.07) is 0. The summed E-state index contributed by atoms with van der Waals surface area (Å²) < 4.78 is 11.7. The van der Waals surface area contributed by atoms with Crippen LogP contribution in [0.15, 0.2) is 24.3 Å². The van der Waals surface area contributed by atoms with E-state index >= 15 is 0 Å². The Balaban J connectivity index is 1.72. The predicted molar refractivity (Wildman–Crippen MR) is 75.0 cm³/mol. The average molecular weight is 274 g/mol. The Morgan fingerprint density at radius 2 is 1.90 bits per heavy atom. The van der Waals surface area contributed by atoms with Gasteiger partial charge in [0.05, 0.1) is 6.10 Å². The van der Waals surface area contributed by atoms with Crippen molar-refractivity contribution in [3.8, 4) is 0 Å². The molecule has 0 unspecified atom stereocenters. The highest BCUT2D eigenvalue weighted by atomic mass is 16.6. The van der Waals surface area contributed by atoms with E-state index in [9.17, 15) is 4.79 Å². The van der Waals surface area contributed by atoms with Crippen molar-refractivity contribution in [1.29, 1.82) is 0 Å². The number of esters is 1. The van der Waals surface area contributed by atoms with Crippen LogP contribution in [0.1, 0.15) is 39.0 Å². The molecule has 2 saturated heterocycles. The lowest BCUT2D eigenvalue weighted by Crippen LogP contribution is -2.57. The monoisotopic (exact) mass is 274 g/mol. The van der Waals surface area contributed by atoms with E-state index in [1.165, 1.54) is 11.1 Å². The molecule has 3 heteroatoms. The summed E-state index contributed by atoms with van der Waals surface area (Å²) in [5.74, 6) is 0.792. The Morgan fingerprint density at radius 1 is 1.20 bits per heavy atom. The summed E-state index contributed by atoms with van der Waals surface area (Å²) in [7, 11) is 0. The van der Waals surface area contributed by atoms with E-state index in [4.69, 9.17) is 9.47 Å². The lowest BCUT2D eigenvalue weighted by molar-refractivity contribution is -0.217. The first-order chi connectivity index (χ1) is 9.53. The fraction of sp³-hybridized carbons (Fsp3) is 0.706. The van der Waals surface area contributed by atoms with E-state index in [2.05, 4.69) is 13.2 Å². The van der Waals surface area contributed by atoms with E-state index in [1.807, 2.05) is 6.92 Å². The maximum Gasteiger partial charge on any atom is 0.339 e. The zero-order valence-electron chi connectivity index (χ0n) is 12.1. The number of carbonyl (C=O) groups excluding carboxylic acids is 1.